The maximum Gasteiger partial charge on any atom is 0.0540 e. The molecule has 0 amide bonds. The van der Waals surface area contributed by atoms with Crippen LogP contribution in [0.5, 0.6) is 0 Å². The molecule has 2 heteroatoms. The van der Waals surface area contributed by atoms with E-state index in [0.717, 1.165) is 12.3 Å². The van der Waals surface area contributed by atoms with E-state index >= 15 is 0 Å². The number of nitrogens with two attached hydrogens (primary N) is 1. The van der Waals surface area contributed by atoms with Crippen LogP contribution < -0.4 is 5.73 Å². The summed E-state index contributed by atoms with van der Waals surface area (Å²) in [6.07, 6.45) is 6.31. The van der Waals surface area contributed by atoms with Crippen molar-refractivity contribution in [1.82, 2.24) is 0 Å². The average molecular weight is 247 g/mol. The Bertz CT molecular complexity index is 378. The molecule has 3 N–H and O–H groups in total. The standard InChI is InChI=1S/C16H25NO/c1-13-5-4-8-15(9-13)16(11-17,12-18)10-14-6-2-3-7-14/h4-5,8-9,14,18H,2-3,6-7,10-12,17H2,1H3. The van der Waals surface area contributed by atoms with Crippen molar-refractivity contribution < 1.29 is 5.11 Å². The minimum absolute atomic E-state index is 0.156. The zero-order chi connectivity index (χ0) is 13.0. The fraction of sp³-hybridized carbons (Fsp3) is 0.625. The van der Waals surface area contributed by atoms with E-state index < -0.39 is 0 Å². The number of hydrogen-bond acceptors (Lipinski definition) is 2. The first-order chi connectivity index (χ1) is 8.70. The second-order valence-electron chi connectivity index (χ2n) is 5.87. The number of aliphatic hydroxyl groups is 1. The van der Waals surface area contributed by atoms with Crippen LogP contribution >= 0.6 is 0 Å². The van der Waals surface area contributed by atoms with Gasteiger partial charge in [-0.2, -0.15) is 0 Å². The van der Waals surface area contributed by atoms with Gasteiger partial charge in [-0.25, -0.2) is 0 Å². The Balaban J connectivity index is 2.24. The summed E-state index contributed by atoms with van der Waals surface area (Å²) in [5.41, 5.74) is 8.23. The fourth-order valence-electron chi connectivity index (χ4n) is 3.28. The van der Waals surface area contributed by atoms with E-state index in [4.69, 9.17) is 5.73 Å². The summed E-state index contributed by atoms with van der Waals surface area (Å²) in [5, 5.41) is 9.90. The lowest BCUT2D eigenvalue weighted by atomic mass is 9.73. The number of benzene rings is 1. The van der Waals surface area contributed by atoms with Crippen LogP contribution in [-0.2, 0) is 5.41 Å². The molecule has 1 unspecified atom stereocenters. The third-order valence-corrected chi connectivity index (χ3v) is 4.48. The maximum absolute atomic E-state index is 9.90. The third kappa shape index (κ3) is 2.76. The van der Waals surface area contributed by atoms with Crippen LogP contribution in [0.4, 0.5) is 0 Å². The van der Waals surface area contributed by atoms with Crippen LogP contribution in [0.1, 0.15) is 43.2 Å². The second kappa shape index (κ2) is 5.85. The molecule has 0 saturated heterocycles. The minimum Gasteiger partial charge on any atom is -0.395 e. The van der Waals surface area contributed by atoms with Crippen molar-refractivity contribution >= 4 is 0 Å². The van der Waals surface area contributed by atoms with Crippen LogP contribution in [0, 0.1) is 12.8 Å². The predicted molar refractivity (Wildman–Crippen MR) is 75.6 cm³/mol. The molecule has 2 nitrogen and oxygen atoms in total. The molecular weight excluding hydrogens is 222 g/mol. The van der Waals surface area contributed by atoms with Crippen molar-refractivity contribution in [2.24, 2.45) is 11.7 Å². The lowest BCUT2D eigenvalue weighted by Gasteiger charge is -2.34. The highest BCUT2D eigenvalue weighted by Crippen LogP contribution is 2.37. The summed E-state index contributed by atoms with van der Waals surface area (Å²) in [4.78, 5) is 0. The Morgan fingerprint density at radius 3 is 2.61 bits per heavy atom. The molecule has 0 radical (unpaired) electrons. The lowest BCUT2D eigenvalue weighted by Crippen LogP contribution is -2.40. The monoisotopic (exact) mass is 247 g/mol. The van der Waals surface area contributed by atoms with E-state index in [9.17, 15) is 5.11 Å². The highest BCUT2D eigenvalue weighted by Gasteiger charge is 2.34. The zero-order valence-electron chi connectivity index (χ0n) is 11.4. The molecule has 1 saturated carbocycles. The summed E-state index contributed by atoms with van der Waals surface area (Å²) in [7, 11) is 0. The van der Waals surface area contributed by atoms with Gasteiger partial charge in [0.1, 0.15) is 0 Å². The lowest BCUT2D eigenvalue weighted by molar-refractivity contribution is 0.169. The van der Waals surface area contributed by atoms with Crippen LogP contribution in [0.3, 0.4) is 0 Å². The Hall–Kier alpha value is -0.860. The van der Waals surface area contributed by atoms with Crippen molar-refractivity contribution in [3.63, 3.8) is 0 Å². The molecule has 18 heavy (non-hydrogen) atoms. The van der Waals surface area contributed by atoms with Gasteiger partial charge in [-0.05, 0) is 24.8 Å². The van der Waals surface area contributed by atoms with Crippen molar-refractivity contribution in [2.75, 3.05) is 13.2 Å². The molecule has 0 bridgehead atoms. The smallest absolute Gasteiger partial charge is 0.0540 e. The Labute approximate surface area is 110 Å². The highest BCUT2D eigenvalue weighted by molar-refractivity contribution is 5.30. The molecule has 0 aromatic heterocycles. The molecule has 1 aromatic rings. The molecule has 0 heterocycles. The average Bonchev–Trinajstić information content (AvgIpc) is 2.89. The molecular formula is C16H25NO. The third-order valence-electron chi connectivity index (χ3n) is 4.48. The molecule has 1 fully saturated rings. The normalized spacial score (nSPS) is 19.9. The van der Waals surface area contributed by atoms with Gasteiger partial charge in [0.15, 0.2) is 0 Å². The second-order valence-corrected chi connectivity index (χ2v) is 5.87. The Morgan fingerprint density at radius 1 is 1.33 bits per heavy atom. The first-order valence-electron chi connectivity index (χ1n) is 7.08. The topological polar surface area (TPSA) is 46.2 Å². The molecule has 0 aliphatic heterocycles. The molecule has 0 spiro atoms. The molecule has 1 aliphatic rings. The van der Waals surface area contributed by atoms with E-state index in [-0.39, 0.29) is 12.0 Å². The van der Waals surface area contributed by atoms with Crippen molar-refractivity contribution in [3.05, 3.63) is 35.4 Å². The number of rotatable bonds is 5. The molecule has 1 aromatic carbocycles. The van der Waals surface area contributed by atoms with Gasteiger partial charge in [0.05, 0.1) is 6.61 Å². The maximum atomic E-state index is 9.90. The van der Waals surface area contributed by atoms with Gasteiger partial charge in [-0.3, -0.25) is 0 Å². The zero-order valence-corrected chi connectivity index (χ0v) is 11.4. The molecule has 2 rings (SSSR count). The van der Waals surface area contributed by atoms with Crippen molar-refractivity contribution in [1.29, 1.82) is 0 Å². The quantitative estimate of drug-likeness (QED) is 0.840. The van der Waals surface area contributed by atoms with Crippen LogP contribution in [-0.4, -0.2) is 18.3 Å². The molecule has 1 atom stereocenters. The van der Waals surface area contributed by atoms with Gasteiger partial charge in [-0.15, -0.1) is 0 Å². The van der Waals surface area contributed by atoms with E-state index in [1.807, 2.05) is 0 Å². The van der Waals surface area contributed by atoms with Crippen LogP contribution in [0.2, 0.25) is 0 Å². The number of hydrogen-bond donors (Lipinski definition) is 2. The number of aryl methyl sites for hydroxylation is 1. The number of aliphatic hydroxyl groups excluding tert-OH is 1. The van der Waals surface area contributed by atoms with Gasteiger partial charge in [-0.1, -0.05) is 55.5 Å². The van der Waals surface area contributed by atoms with Gasteiger partial charge in [0.2, 0.25) is 0 Å². The molecule has 100 valence electrons. The molecule has 1 aliphatic carbocycles. The van der Waals surface area contributed by atoms with Gasteiger partial charge in [0, 0.05) is 12.0 Å². The first-order valence-corrected chi connectivity index (χ1v) is 7.08. The Morgan fingerprint density at radius 2 is 2.06 bits per heavy atom. The van der Waals surface area contributed by atoms with Gasteiger partial charge in [0.25, 0.3) is 0 Å². The largest absolute Gasteiger partial charge is 0.395 e. The van der Waals surface area contributed by atoms with Crippen LogP contribution in [0.15, 0.2) is 24.3 Å². The summed E-state index contributed by atoms with van der Waals surface area (Å²) in [6.45, 7) is 2.78. The predicted octanol–water partition coefficient (Wildman–Crippen LogP) is 2.76. The first kappa shape index (κ1) is 13.6. The summed E-state index contributed by atoms with van der Waals surface area (Å²) < 4.78 is 0. The van der Waals surface area contributed by atoms with Crippen LogP contribution in [0.25, 0.3) is 0 Å². The van der Waals surface area contributed by atoms with E-state index in [0.29, 0.717) is 6.54 Å². The summed E-state index contributed by atoms with van der Waals surface area (Å²) in [6, 6.07) is 8.46. The minimum atomic E-state index is -0.235. The van der Waals surface area contributed by atoms with Gasteiger partial charge < -0.3 is 10.8 Å². The summed E-state index contributed by atoms with van der Waals surface area (Å²) in [5.74, 6) is 0.737. The summed E-state index contributed by atoms with van der Waals surface area (Å²) >= 11 is 0. The van der Waals surface area contributed by atoms with E-state index in [1.54, 1.807) is 0 Å². The van der Waals surface area contributed by atoms with Crippen molar-refractivity contribution in [2.45, 2.75) is 44.4 Å². The van der Waals surface area contributed by atoms with E-state index in [2.05, 4.69) is 31.2 Å². The van der Waals surface area contributed by atoms with Gasteiger partial charge >= 0.3 is 0 Å². The van der Waals surface area contributed by atoms with Crippen molar-refractivity contribution in [3.8, 4) is 0 Å². The highest BCUT2D eigenvalue weighted by atomic mass is 16.3. The van der Waals surface area contributed by atoms with E-state index in [1.165, 1.54) is 36.8 Å². The fourth-order valence-corrected chi connectivity index (χ4v) is 3.28. The Kier molecular flexibility index (Phi) is 4.41. The SMILES string of the molecule is Cc1cccc(C(CN)(CO)CC2CCCC2)c1.